The smallest absolute Gasteiger partial charge is 0.340 e. The Labute approximate surface area is 192 Å². The number of cyclic esters (lactones) is 1. The van der Waals surface area contributed by atoms with Crippen molar-refractivity contribution < 1.29 is 19.0 Å². The van der Waals surface area contributed by atoms with Crippen LogP contribution in [-0.2, 0) is 15.0 Å². The summed E-state index contributed by atoms with van der Waals surface area (Å²) < 4.78 is 16.3. The Hall–Kier alpha value is -3.30. The highest BCUT2D eigenvalue weighted by Crippen LogP contribution is 2.38. The zero-order valence-corrected chi connectivity index (χ0v) is 19.7. The Morgan fingerprint density at radius 2 is 1.94 bits per heavy atom. The monoisotopic (exact) mass is 451 g/mol. The number of hydrogen-bond acceptors (Lipinski definition) is 9. The highest BCUT2D eigenvalue weighted by Gasteiger charge is 2.40. The van der Waals surface area contributed by atoms with Gasteiger partial charge in [0.05, 0.1) is 35.9 Å². The maximum Gasteiger partial charge on any atom is 0.340 e. The van der Waals surface area contributed by atoms with E-state index in [1.807, 2.05) is 33.8 Å². The summed E-state index contributed by atoms with van der Waals surface area (Å²) in [6.45, 7) is 7.98. The van der Waals surface area contributed by atoms with E-state index in [0.717, 1.165) is 16.3 Å². The van der Waals surface area contributed by atoms with Crippen molar-refractivity contribution in [2.24, 2.45) is 5.73 Å². The number of carbonyl (C=O) groups is 1. The van der Waals surface area contributed by atoms with E-state index in [1.165, 1.54) is 0 Å². The Morgan fingerprint density at radius 1 is 1.18 bits per heavy atom. The van der Waals surface area contributed by atoms with E-state index in [0.29, 0.717) is 35.4 Å². The molecule has 3 N–H and O–H groups in total. The van der Waals surface area contributed by atoms with Crippen molar-refractivity contribution >= 4 is 28.4 Å². The number of aromatic nitrogens is 3. The van der Waals surface area contributed by atoms with E-state index in [1.54, 1.807) is 38.7 Å². The van der Waals surface area contributed by atoms with Crippen molar-refractivity contribution in [2.45, 2.75) is 44.8 Å². The molecule has 0 saturated heterocycles. The molecular formula is C24H29N5O4. The molecule has 4 heterocycles. The second kappa shape index (κ2) is 8.24. The van der Waals surface area contributed by atoms with Gasteiger partial charge in [0.25, 0.3) is 0 Å². The van der Waals surface area contributed by atoms with Crippen LogP contribution in [0.1, 0.15) is 55.2 Å². The van der Waals surface area contributed by atoms with Crippen LogP contribution in [0.25, 0.3) is 10.8 Å². The largest absolute Gasteiger partial charge is 0.481 e. The molecule has 0 unspecified atom stereocenters. The van der Waals surface area contributed by atoms with Crippen LogP contribution in [0.2, 0.25) is 0 Å². The fourth-order valence-corrected chi connectivity index (χ4v) is 4.06. The number of pyridine rings is 3. The molecule has 0 saturated carbocycles. The van der Waals surface area contributed by atoms with E-state index in [-0.39, 0.29) is 11.9 Å². The molecule has 2 atom stereocenters. The molecule has 4 rings (SSSR count). The van der Waals surface area contributed by atoms with Gasteiger partial charge < -0.3 is 25.3 Å². The predicted octanol–water partition coefficient (Wildman–Crippen LogP) is 3.65. The number of methoxy groups -OCH3 is 2. The number of anilines is 2. The number of ether oxygens (including phenoxy) is 3. The Balaban J connectivity index is 1.76. The van der Waals surface area contributed by atoms with E-state index in [2.05, 4.69) is 15.3 Å². The maximum absolute atomic E-state index is 12.4. The number of carbonyl (C=O) groups excluding carboxylic acids is 1. The first-order chi connectivity index (χ1) is 15.6. The second-order valence-electron chi connectivity index (χ2n) is 9.12. The number of nitrogens with two attached hydrogens (primary N) is 1. The highest BCUT2D eigenvalue weighted by molar-refractivity contribution is 5.93. The summed E-state index contributed by atoms with van der Waals surface area (Å²) in [5.41, 5.74) is 7.12. The molecule has 0 fully saturated rings. The van der Waals surface area contributed by atoms with Crippen molar-refractivity contribution in [1.82, 2.24) is 15.0 Å². The minimum Gasteiger partial charge on any atom is -0.481 e. The number of fused-ring (bicyclic) bond motifs is 2. The molecule has 9 nitrogen and oxygen atoms in total. The molecule has 0 amide bonds. The lowest BCUT2D eigenvalue weighted by Gasteiger charge is -2.36. The molecular weight excluding hydrogens is 422 g/mol. The quantitative estimate of drug-likeness (QED) is 0.541. The van der Waals surface area contributed by atoms with Gasteiger partial charge in [-0.05, 0) is 44.4 Å². The van der Waals surface area contributed by atoms with E-state index in [4.69, 9.17) is 24.9 Å². The molecule has 0 bridgehead atoms. The Morgan fingerprint density at radius 3 is 2.64 bits per heavy atom. The normalized spacial score (nSPS) is 18.9. The zero-order valence-electron chi connectivity index (χ0n) is 19.7. The number of rotatable bonds is 6. The van der Waals surface area contributed by atoms with Gasteiger partial charge in [-0.3, -0.25) is 0 Å². The number of nitrogens with one attached hydrogen (secondary N) is 1. The molecule has 9 heteroatoms. The summed E-state index contributed by atoms with van der Waals surface area (Å²) in [6, 6.07) is 5.36. The zero-order chi connectivity index (χ0) is 24.0. The van der Waals surface area contributed by atoms with Crippen LogP contribution in [-0.4, -0.2) is 47.3 Å². The third-order valence-corrected chi connectivity index (χ3v) is 6.20. The van der Waals surface area contributed by atoms with Gasteiger partial charge in [0.1, 0.15) is 17.2 Å². The molecule has 0 aliphatic carbocycles. The molecule has 1 aliphatic rings. The topological polar surface area (TPSA) is 121 Å². The first-order valence-electron chi connectivity index (χ1n) is 10.7. The van der Waals surface area contributed by atoms with Crippen LogP contribution in [0.15, 0.2) is 30.6 Å². The molecule has 0 spiro atoms. The number of hydrogen-bond donors (Lipinski definition) is 2. The molecule has 3 aromatic heterocycles. The first-order valence-corrected chi connectivity index (χ1v) is 10.7. The first kappa shape index (κ1) is 22.9. The van der Waals surface area contributed by atoms with Gasteiger partial charge in [-0.1, -0.05) is 6.92 Å². The summed E-state index contributed by atoms with van der Waals surface area (Å²) >= 11 is 0. The summed E-state index contributed by atoms with van der Waals surface area (Å²) in [7, 11) is 3.17. The van der Waals surface area contributed by atoms with E-state index < -0.39 is 11.1 Å². The summed E-state index contributed by atoms with van der Waals surface area (Å²) in [5, 5.41) is 4.83. The van der Waals surface area contributed by atoms with E-state index in [9.17, 15) is 4.79 Å². The van der Waals surface area contributed by atoms with Crippen LogP contribution < -0.4 is 15.8 Å². The third kappa shape index (κ3) is 4.09. The minimum atomic E-state index is -0.768. The van der Waals surface area contributed by atoms with Crippen molar-refractivity contribution in [1.29, 1.82) is 0 Å². The van der Waals surface area contributed by atoms with Gasteiger partial charge in [0.2, 0.25) is 5.88 Å². The standard InChI is InChI=1S/C24H29N5O4/c1-13-20-14(22(30)33-23(13,2)3)7-8-18(29-20)28-19-9-15-16(10-26-19)21(32-6)27-11-17(15)24(4,25)12-31-5/h7-11,13H,12,25H2,1-6H3,(H,26,28,29)/t13-,24+/m1/s1. The SMILES string of the molecule is COC[C@](C)(N)c1cnc(OC)c2cnc(Nc3ccc4c(n3)[C@@H](C)C(C)(C)OC4=O)cc12. The Kier molecular flexibility index (Phi) is 5.71. The lowest BCUT2D eigenvalue weighted by atomic mass is 9.84. The van der Waals surface area contributed by atoms with Gasteiger partial charge in [-0.2, -0.15) is 0 Å². The lowest BCUT2D eigenvalue weighted by molar-refractivity contribution is -0.0189. The lowest BCUT2D eigenvalue weighted by Crippen LogP contribution is -2.39. The maximum atomic E-state index is 12.4. The molecule has 3 aromatic rings. The average molecular weight is 452 g/mol. The van der Waals surface area contributed by atoms with Crippen molar-refractivity contribution in [2.75, 3.05) is 26.1 Å². The summed E-state index contributed by atoms with van der Waals surface area (Å²) in [4.78, 5) is 26.0. The fourth-order valence-electron chi connectivity index (χ4n) is 4.06. The predicted molar refractivity (Wildman–Crippen MR) is 125 cm³/mol. The van der Waals surface area contributed by atoms with Gasteiger partial charge in [-0.15, -0.1) is 0 Å². The third-order valence-electron chi connectivity index (χ3n) is 6.20. The van der Waals surface area contributed by atoms with E-state index >= 15 is 0 Å². The van der Waals surface area contributed by atoms with Crippen LogP contribution in [0.4, 0.5) is 11.6 Å². The number of nitrogens with zero attached hydrogens (tertiary/aromatic N) is 3. The molecule has 174 valence electrons. The molecule has 1 aliphatic heterocycles. The second-order valence-corrected chi connectivity index (χ2v) is 9.12. The molecule has 0 aromatic carbocycles. The number of esters is 1. The minimum absolute atomic E-state index is 0.0644. The summed E-state index contributed by atoms with van der Waals surface area (Å²) in [6.07, 6.45) is 3.40. The fraction of sp³-hybridized carbons (Fsp3) is 0.417. The highest BCUT2D eigenvalue weighted by atomic mass is 16.6. The van der Waals surface area contributed by atoms with Crippen molar-refractivity contribution in [3.05, 3.63) is 47.4 Å². The van der Waals surface area contributed by atoms with Gasteiger partial charge in [0.15, 0.2) is 0 Å². The van der Waals surface area contributed by atoms with Crippen molar-refractivity contribution in [3.63, 3.8) is 0 Å². The average Bonchev–Trinajstić information content (AvgIpc) is 2.76. The van der Waals surface area contributed by atoms with Gasteiger partial charge in [0, 0.05) is 31.0 Å². The van der Waals surface area contributed by atoms with Crippen LogP contribution in [0.5, 0.6) is 5.88 Å². The van der Waals surface area contributed by atoms with Gasteiger partial charge >= 0.3 is 5.97 Å². The van der Waals surface area contributed by atoms with Gasteiger partial charge in [-0.25, -0.2) is 19.7 Å². The molecule has 33 heavy (non-hydrogen) atoms. The van der Waals surface area contributed by atoms with Crippen LogP contribution in [0, 0.1) is 0 Å². The van der Waals surface area contributed by atoms with Crippen molar-refractivity contribution in [3.8, 4) is 5.88 Å². The summed E-state index contributed by atoms with van der Waals surface area (Å²) in [5.74, 6) is 1.18. The van der Waals surface area contributed by atoms with Crippen LogP contribution >= 0.6 is 0 Å². The van der Waals surface area contributed by atoms with Crippen LogP contribution in [0.3, 0.4) is 0 Å². The molecule has 0 radical (unpaired) electrons. The Bertz CT molecular complexity index is 1220.